The van der Waals surface area contributed by atoms with Crippen LogP contribution in [0.2, 0.25) is 0 Å². The summed E-state index contributed by atoms with van der Waals surface area (Å²) in [5.41, 5.74) is 0.496. The Morgan fingerprint density at radius 3 is 2.95 bits per heavy atom. The molecule has 110 valence electrons. The maximum absolute atomic E-state index is 11.3. The predicted molar refractivity (Wildman–Crippen MR) is 75.0 cm³/mol. The van der Waals surface area contributed by atoms with Gasteiger partial charge in [0.15, 0.2) is 0 Å². The summed E-state index contributed by atoms with van der Waals surface area (Å²) < 4.78 is 11.0. The number of hydrogen-bond acceptors (Lipinski definition) is 3. The van der Waals surface area contributed by atoms with Gasteiger partial charge in [0.2, 0.25) is 0 Å². The van der Waals surface area contributed by atoms with Gasteiger partial charge in [0.1, 0.15) is 0 Å². The maximum Gasteiger partial charge on any atom is 0.333 e. The predicted octanol–water partition coefficient (Wildman–Crippen LogP) is 2.95. The van der Waals surface area contributed by atoms with E-state index in [1.165, 1.54) is 25.7 Å². The van der Waals surface area contributed by atoms with E-state index in [4.69, 9.17) is 9.47 Å². The second kappa shape index (κ2) is 4.59. The van der Waals surface area contributed by atoms with Gasteiger partial charge in [0, 0.05) is 5.57 Å². The minimum Gasteiger partial charge on any atom is -0.462 e. The van der Waals surface area contributed by atoms with Crippen molar-refractivity contribution in [2.45, 2.75) is 51.2 Å². The Balaban J connectivity index is 1.25. The van der Waals surface area contributed by atoms with E-state index in [0.29, 0.717) is 24.4 Å². The van der Waals surface area contributed by atoms with Crippen molar-refractivity contribution in [3.8, 4) is 0 Å². The molecule has 0 amide bonds. The fourth-order valence-electron chi connectivity index (χ4n) is 5.41. The largest absolute Gasteiger partial charge is 0.462 e. The Morgan fingerprint density at radius 1 is 1.30 bits per heavy atom. The van der Waals surface area contributed by atoms with Crippen LogP contribution in [0.1, 0.15) is 39.0 Å². The topological polar surface area (TPSA) is 38.8 Å². The molecule has 0 aromatic carbocycles. The minimum atomic E-state index is -0.247. The van der Waals surface area contributed by atoms with Crippen LogP contribution >= 0.6 is 0 Å². The van der Waals surface area contributed by atoms with Crippen molar-refractivity contribution in [2.75, 3.05) is 6.61 Å². The average Bonchev–Trinajstić information content (AvgIpc) is 2.81. The molecule has 4 rings (SSSR count). The van der Waals surface area contributed by atoms with Crippen LogP contribution in [0.5, 0.6) is 0 Å². The molecule has 3 saturated carbocycles. The van der Waals surface area contributed by atoms with E-state index in [0.717, 1.165) is 36.0 Å². The number of rotatable bonds is 5. The molecule has 1 heterocycles. The SMILES string of the molecule is C=C(C)C(=O)OCCCC1CC2CC1C1C2CC2OC21. The number of carbonyl (C=O) groups is 1. The molecule has 20 heavy (non-hydrogen) atoms. The van der Waals surface area contributed by atoms with Crippen molar-refractivity contribution in [1.29, 1.82) is 0 Å². The number of carbonyl (C=O) groups excluding carboxylic acids is 1. The van der Waals surface area contributed by atoms with Gasteiger partial charge in [0.05, 0.1) is 18.8 Å². The first-order chi connectivity index (χ1) is 9.65. The quantitative estimate of drug-likeness (QED) is 0.335. The number of hydrogen-bond donors (Lipinski definition) is 0. The first-order valence-corrected chi connectivity index (χ1v) is 8.13. The lowest BCUT2D eigenvalue weighted by molar-refractivity contribution is -0.139. The van der Waals surface area contributed by atoms with Gasteiger partial charge >= 0.3 is 5.97 Å². The first kappa shape index (κ1) is 12.9. The summed E-state index contributed by atoms with van der Waals surface area (Å²) in [7, 11) is 0. The van der Waals surface area contributed by atoms with E-state index in [2.05, 4.69) is 6.58 Å². The third-order valence-electron chi connectivity index (χ3n) is 6.19. The van der Waals surface area contributed by atoms with Gasteiger partial charge in [-0.25, -0.2) is 4.79 Å². The van der Waals surface area contributed by atoms with Gasteiger partial charge in [-0.15, -0.1) is 0 Å². The molecule has 0 N–H and O–H groups in total. The third-order valence-corrected chi connectivity index (χ3v) is 6.19. The van der Waals surface area contributed by atoms with E-state index < -0.39 is 0 Å². The summed E-state index contributed by atoms with van der Waals surface area (Å²) in [4.78, 5) is 11.3. The van der Waals surface area contributed by atoms with Crippen molar-refractivity contribution >= 4 is 5.97 Å². The van der Waals surface area contributed by atoms with Crippen LogP contribution in [-0.4, -0.2) is 24.8 Å². The lowest BCUT2D eigenvalue weighted by atomic mass is 9.74. The van der Waals surface area contributed by atoms with Crippen LogP contribution in [0, 0.1) is 29.6 Å². The van der Waals surface area contributed by atoms with Crippen LogP contribution < -0.4 is 0 Å². The second-order valence-electron chi connectivity index (χ2n) is 7.33. The normalized spacial score (nSPS) is 47.0. The van der Waals surface area contributed by atoms with E-state index in [1.54, 1.807) is 6.92 Å². The fraction of sp³-hybridized carbons (Fsp3) is 0.824. The fourth-order valence-corrected chi connectivity index (χ4v) is 5.41. The van der Waals surface area contributed by atoms with E-state index in [9.17, 15) is 4.79 Å². The average molecular weight is 276 g/mol. The number of epoxide rings is 1. The highest BCUT2D eigenvalue weighted by Crippen LogP contribution is 2.66. The molecule has 3 nitrogen and oxygen atoms in total. The molecule has 4 aliphatic rings. The van der Waals surface area contributed by atoms with Crippen LogP contribution in [-0.2, 0) is 14.3 Å². The van der Waals surface area contributed by atoms with Crippen LogP contribution in [0.4, 0.5) is 0 Å². The number of esters is 1. The Morgan fingerprint density at radius 2 is 2.15 bits per heavy atom. The summed E-state index contributed by atoms with van der Waals surface area (Å²) in [6, 6.07) is 0. The van der Waals surface area contributed by atoms with Crippen molar-refractivity contribution in [1.82, 2.24) is 0 Å². The highest BCUT2D eigenvalue weighted by Gasteiger charge is 2.66. The molecule has 1 aliphatic heterocycles. The summed E-state index contributed by atoms with van der Waals surface area (Å²) in [5, 5.41) is 0. The van der Waals surface area contributed by atoms with Crippen molar-refractivity contribution in [2.24, 2.45) is 29.6 Å². The summed E-state index contributed by atoms with van der Waals surface area (Å²) in [6.45, 7) is 5.85. The molecule has 7 atom stereocenters. The van der Waals surface area contributed by atoms with Crippen LogP contribution in [0.15, 0.2) is 12.2 Å². The molecular weight excluding hydrogens is 252 g/mol. The molecule has 0 aromatic rings. The molecule has 7 unspecified atom stereocenters. The molecule has 4 fully saturated rings. The van der Waals surface area contributed by atoms with E-state index in [-0.39, 0.29) is 5.97 Å². The van der Waals surface area contributed by atoms with Crippen LogP contribution in [0.3, 0.4) is 0 Å². The van der Waals surface area contributed by atoms with E-state index >= 15 is 0 Å². The van der Waals surface area contributed by atoms with Crippen molar-refractivity contribution in [3.05, 3.63) is 12.2 Å². The van der Waals surface area contributed by atoms with Crippen molar-refractivity contribution in [3.63, 3.8) is 0 Å². The van der Waals surface area contributed by atoms with Gasteiger partial charge in [-0.2, -0.15) is 0 Å². The standard InChI is InChI=1S/C17H24O3/c1-9(2)17(18)19-5-3-4-10-6-11-7-12(10)15-13(11)8-14-16(15)20-14/h10-16H,1,3-8H2,2H3. The Hall–Kier alpha value is -0.830. The molecule has 1 saturated heterocycles. The Kier molecular flexibility index (Phi) is 2.95. The van der Waals surface area contributed by atoms with Gasteiger partial charge in [-0.1, -0.05) is 6.58 Å². The molecule has 0 spiro atoms. The van der Waals surface area contributed by atoms with Gasteiger partial charge in [-0.3, -0.25) is 0 Å². The van der Waals surface area contributed by atoms with Gasteiger partial charge in [0.25, 0.3) is 0 Å². The lowest BCUT2D eigenvalue weighted by Gasteiger charge is -2.32. The highest BCUT2D eigenvalue weighted by molar-refractivity contribution is 5.86. The van der Waals surface area contributed by atoms with Gasteiger partial charge < -0.3 is 9.47 Å². The zero-order valence-electron chi connectivity index (χ0n) is 12.2. The first-order valence-electron chi connectivity index (χ1n) is 8.13. The zero-order chi connectivity index (χ0) is 13.9. The number of fused-ring (bicyclic) bond motifs is 7. The van der Waals surface area contributed by atoms with Gasteiger partial charge in [-0.05, 0) is 68.6 Å². The minimum absolute atomic E-state index is 0.247. The second-order valence-corrected chi connectivity index (χ2v) is 7.33. The zero-order valence-corrected chi connectivity index (χ0v) is 12.2. The summed E-state index contributed by atoms with van der Waals surface area (Å²) in [5.74, 6) is 4.35. The van der Waals surface area contributed by atoms with E-state index in [1.807, 2.05) is 0 Å². The molecule has 3 heteroatoms. The molecule has 0 radical (unpaired) electrons. The third kappa shape index (κ3) is 1.93. The molecule has 0 aromatic heterocycles. The summed E-state index contributed by atoms with van der Waals surface area (Å²) >= 11 is 0. The Bertz CT molecular complexity index is 444. The molecule has 3 aliphatic carbocycles. The summed E-state index contributed by atoms with van der Waals surface area (Å²) in [6.07, 6.45) is 7.67. The maximum atomic E-state index is 11.3. The number of ether oxygens (including phenoxy) is 2. The van der Waals surface area contributed by atoms with Crippen molar-refractivity contribution < 1.29 is 14.3 Å². The van der Waals surface area contributed by atoms with Crippen LogP contribution in [0.25, 0.3) is 0 Å². The smallest absolute Gasteiger partial charge is 0.333 e. The molecule has 2 bridgehead atoms. The monoisotopic (exact) mass is 276 g/mol. The Labute approximate surface area is 120 Å². The highest BCUT2D eigenvalue weighted by atomic mass is 16.6. The lowest BCUT2D eigenvalue weighted by Crippen LogP contribution is -2.28. The molecular formula is C17H24O3.